The molecule has 0 radical (unpaired) electrons. The van der Waals surface area contributed by atoms with E-state index < -0.39 is 30.5 Å². The number of benzene rings is 3. The second-order valence-corrected chi connectivity index (χ2v) is 25.5. The van der Waals surface area contributed by atoms with Gasteiger partial charge in [0.25, 0.3) is 0 Å². The number of epoxide rings is 1. The Morgan fingerprint density at radius 2 is 1.12 bits per heavy atom. The number of alkyl halides is 1. The van der Waals surface area contributed by atoms with Crippen LogP contribution in [0.2, 0.25) is 0 Å². The van der Waals surface area contributed by atoms with Crippen molar-refractivity contribution in [1.29, 1.82) is 10.5 Å². The predicted molar refractivity (Wildman–Crippen MR) is 349 cm³/mol. The number of Topliss-reactive ketones (excluding diaryl/α,β-unsaturated/α-hetero) is 1. The molecule has 3 aromatic carbocycles. The lowest BCUT2D eigenvalue weighted by Crippen LogP contribution is -2.54. The predicted octanol–water partition coefficient (Wildman–Crippen LogP) is 11.9. The van der Waals surface area contributed by atoms with Crippen molar-refractivity contribution in [2.75, 3.05) is 84.2 Å². The smallest absolute Gasteiger partial charge is 0.411 e. The van der Waals surface area contributed by atoms with Gasteiger partial charge in [0.05, 0.1) is 100 Å². The van der Waals surface area contributed by atoms with E-state index in [0.29, 0.717) is 51.4 Å². The lowest BCUT2D eigenvalue weighted by molar-refractivity contribution is -0.128. The molecule has 5 fully saturated rings. The highest BCUT2D eigenvalue weighted by Crippen LogP contribution is 2.47. The van der Waals surface area contributed by atoms with Gasteiger partial charge in [0.2, 0.25) is 0 Å². The number of rotatable bonds is 11. The fraction of sp³-hybridized carbons (Fsp3) is 0.515. The average Bonchev–Trinajstić information content (AvgIpc) is 2.30. The van der Waals surface area contributed by atoms with Crippen molar-refractivity contribution >= 4 is 55.7 Å². The number of hydrogen-bond acceptors (Lipinski definition) is 17. The number of allylic oxidation sites excluding steroid dienone is 5. The molecule has 0 bridgehead atoms. The minimum Gasteiger partial charge on any atom is -0.444 e. The maximum absolute atomic E-state index is 11.4. The molecular formula is C66H95Cl2N7O13P+. The quantitative estimate of drug-likeness (QED) is 0.0402. The average molecular weight is 1300 g/mol. The van der Waals surface area contributed by atoms with E-state index in [2.05, 4.69) is 59.5 Å². The second kappa shape index (κ2) is 41.0. The van der Waals surface area contributed by atoms with Crippen LogP contribution in [0.5, 0.6) is 0 Å². The summed E-state index contributed by atoms with van der Waals surface area (Å²) in [6.45, 7) is 29.0. The molecule has 2 atom stereocenters. The number of ether oxygens (including phenoxy) is 4. The van der Waals surface area contributed by atoms with Crippen LogP contribution in [-0.4, -0.2) is 173 Å². The van der Waals surface area contributed by atoms with Crippen LogP contribution >= 0.6 is 31.6 Å². The Labute approximate surface area is 539 Å². The fourth-order valence-corrected chi connectivity index (χ4v) is 9.05. The molecule has 6 aliphatic rings. The van der Waals surface area contributed by atoms with Crippen molar-refractivity contribution in [3.05, 3.63) is 155 Å². The highest BCUT2D eigenvalue weighted by molar-refractivity contribution is 7.54. The van der Waals surface area contributed by atoms with Crippen LogP contribution in [0.4, 0.5) is 14.4 Å². The molecule has 23 heteroatoms. The minimum atomic E-state index is -3.08. The summed E-state index contributed by atoms with van der Waals surface area (Å²) in [5.41, 5.74) is 10.5. The zero-order valence-electron chi connectivity index (χ0n) is 54.0. The number of nitriles is 2. The lowest BCUT2D eigenvalue weighted by atomic mass is 9.94. The lowest BCUT2D eigenvalue weighted by Gasteiger charge is -2.42. The first kappa shape index (κ1) is 80.5. The van der Waals surface area contributed by atoms with E-state index in [9.17, 15) is 28.8 Å². The van der Waals surface area contributed by atoms with Crippen molar-refractivity contribution < 1.29 is 62.0 Å². The number of β-amino-alcohol motifs (C(OH)–C–C–N with tert-alkyl or cyclic N) is 2. The summed E-state index contributed by atoms with van der Waals surface area (Å²) in [4.78, 5) is 51.0. The number of hydrogen-bond donors (Lipinski definition) is 3. The Bertz CT molecular complexity index is 2770. The van der Waals surface area contributed by atoms with E-state index in [1.807, 2.05) is 128 Å². The van der Waals surface area contributed by atoms with Crippen LogP contribution in [0.3, 0.4) is 0 Å². The molecule has 490 valence electrons. The Morgan fingerprint density at radius 3 is 1.44 bits per heavy atom. The summed E-state index contributed by atoms with van der Waals surface area (Å²) in [6.07, 6.45) is 10.9. The third-order valence-corrected chi connectivity index (χ3v) is 14.0. The number of likely N-dealkylation sites (tertiary alicyclic amines) is 4. The molecular weight excluding hydrogens is 1200 g/mol. The van der Waals surface area contributed by atoms with E-state index in [1.54, 1.807) is 45.6 Å². The van der Waals surface area contributed by atoms with E-state index in [1.165, 1.54) is 27.0 Å². The number of aliphatic hydroxyl groups excluding tert-OH is 2. The van der Waals surface area contributed by atoms with Gasteiger partial charge >= 0.3 is 25.9 Å². The molecule has 0 spiro atoms. The normalized spacial score (nSPS) is 16.6. The maximum atomic E-state index is 11.4. The van der Waals surface area contributed by atoms with Gasteiger partial charge in [0.15, 0.2) is 5.78 Å². The number of ketones is 1. The standard InChI is InChI=1S/C16H17NO.C13H12N.C10H14N2O2.C8H15NO3.C8H13NO3.C6H12NO3P.C3H5ClO.C2H6.ClH/c18-15-11-17(12-15)16(13-7-3-1-4-8-13)14-9-5-2-6-10-14;14-13(11-7-3-1-4-8-11)12-9-5-2-6-10-12;1-10(2,3)14-9(13)12-6-8(7-12)4-5-11;2*1-8(2,3)12-7(11)9-4-6(10)5-9;1-3-9-11(8,6-5-7)10-4-2;4-1-3-2-5-3;1-2;/h1-10,15-16,18H,11-12H2;1-5,7-10,13H,14H2;4H,6-7H2,1-3H3;6,10H,4-5H2,1-3H3;4-5H2,1-3H3;3-4,6H2,1-2H3;3H,1-2H2;1-2H3;1H/q;+1;;;;;;;. The topological polar surface area (TPSA) is 271 Å². The number of nitrogens with two attached hydrogens (primary N) is 1. The first-order chi connectivity index (χ1) is 41.5. The van der Waals surface area contributed by atoms with Gasteiger partial charge in [-0.2, -0.15) is 10.5 Å². The summed E-state index contributed by atoms with van der Waals surface area (Å²) in [7, 11) is -3.08. The molecule has 9 rings (SSSR count). The van der Waals surface area contributed by atoms with Gasteiger partial charge in [-0.05, 0) is 98.4 Å². The number of carbonyl (C=O) groups is 4. The Morgan fingerprint density at radius 1 is 0.719 bits per heavy atom. The summed E-state index contributed by atoms with van der Waals surface area (Å²) in [5.74, 6) is 0.751. The van der Waals surface area contributed by atoms with Crippen molar-refractivity contribution in [3.8, 4) is 12.1 Å². The van der Waals surface area contributed by atoms with E-state index in [4.69, 9.17) is 61.0 Å². The van der Waals surface area contributed by atoms with Crippen LogP contribution in [-0.2, 0) is 37.4 Å². The van der Waals surface area contributed by atoms with Gasteiger partial charge in [0, 0.05) is 44.4 Å². The molecule has 3 amide bonds. The Hall–Kier alpha value is -6.48. The molecule has 4 N–H and O–H groups in total. The monoisotopic (exact) mass is 1290 g/mol. The van der Waals surface area contributed by atoms with Crippen LogP contribution in [0, 0.1) is 28.7 Å². The molecule has 0 aromatic heterocycles. The van der Waals surface area contributed by atoms with Crippen LogP contribution in [0.1, 0.15) is 119 Å². The molecule has 5 aliphatic heterocycles. The molecule has 89 heavy (non-hydrogen) atoms. The molecule has 1 aliphatic carbocycles. The summed E-state index contributed by atoms with van der Waals surface area (Å²) < 4.78 is 40.9. The molecule has 0 saturated carbocycles. The largest absolute Gasteiger partial charge is 0.444 e. The van der Waals surface area contributed by atoms with Crippen molar-refractivity contribution in [2.24, 2.45) is 5.73 Å². The fourth-order valence-electron chi connectivity index (χ4n) is 7.65. The van der Waals surface area contributed by atoms with Gasteiger partial charge in [0.1, 0.15) is 41.2 Å². The highest BCUT2D eigenvalue weighted by atomic mass is 35.5. The van der Waals surface area contributed by atoms with E-state index in [0.717, 1.165) is 36.4 Å². The Kier molecular flexibility index (Phi) is 37.1. The van der Waals surface area contributed by atoms with Gasteiger partial charge in [-0.3, -0.25) is 19.2 Å². The highest BCUT2D eigenvalue weighted by Gasteiger charge is 2.35. The Balaban J connectivity index is 0.000000525. The molecule has 20 nitrogen and oxygen atoms in total. The first-order valence-electron chi connectivity index (χ1n) is 29.4. The zero-order valence-corrected chi connectivity index (χ0v) is 56.5. The first-order valence-corrected chi connectivity index (χ1v) is 31.7. The van der Waals surface area contributed by atoms with Crippen LogP contribution in [0.15, 0.2) is 133 Å². The van der Waals surface area contributed by atoms with Gasteiger partial charge in [-0.25, -0.2) is 14.4 Å². The third-order valence-electron chi connectivity index (χ3n) is 11.8. The van der Waals surface area contributed by atoms with Crippen LogP contribution in [0.25, 0.3) is 0 Å². The van der Waals surface area contributed by atoms with Crippen molar-refractivity contribution in [3.63, 3.8) is 0 Å². The minimum absolute atomic E-state index is 0. The molecule has 5 heterocycles. The number of carbonyl (C=O) groups excluding carboxylic acids is 4. The van der Waals surface area contributed by atoms with E-state index in [-0.39, 0.29) is 73.9 Å². The molecule has 5 saturated heterocycles. The zero-order chi connectivity index (χ0) is 66.1. The third kappa shape index (κ3) is 33.2. The van der Waals surface area contributed by atoms with Crippen LogP contribution < -0.4 is 5.73 Å². The maximum Gasteiger partial charge on any atom is 0.411 e. The van der Waals surface area contributed by atoms with Crippen molar-refractivity contribution in [2.45, 2.75) is 137 Å². The summed E-state index contributed by atoms with van der Waals surface area (Å²) in [6, 6.07) is 35.0. The van der Waals surface area contributed by atoms with Gasteiger partial charge in [-0.15, -0.1) is 24.0 Å². The number of halogens is 2. The summed E-state index contributed by atoms with van der Waals surface area (Å²) in [5, 5.41) is 35.1. The number of aliphatic hydroxyl groups is 2. The summed E-state index contributed by atoms with van der Waals surface area (Å²) >= 11 is 5.27. The number of amides is 3. The SMILES string of the molecule is CC.CC(C)(C)OC(=O)N1CC(=CC#N)C1.CC(C)(C)OC(=O)N1CC(=O)C1.CC(C)(C)OC(=O)N1CC(O)C1.CCOP(=O)(CC#N)OCC.Cl.ClCC1CO1.NC(C1=CC=C[C+]=C1)c1ccccc1.OC1CN(C(c2ccccc2)c2ccccc2)C1. The van der Waals surface area contributed by atoms with Gasteiger partial charge < -0.3 is 53.7 Å². The van der Waals surface area contributed by atoms with Crippen molar-refractivity contribution in [1.82, 2.24) is 19.6 Å². The second-order valence-electron chi connectivity index (χ2n) is 23.1. The number of nitrogens with zero attached hydrogens (tertiary/aromatic N) is 6. The molecule has 3 aromatic rings. The molecule has 2 unspecified atom stereocenters. The van der Waals surface area contributed by atoms with Gasteiger partial charge in [-0.1, -0.05) is 105 Å². The van der Waals surface area contributed by atoms with E-state index >= 15 is 0 Å².